The molecule has 0 saturated carbocycles. The van der Waals surface area contributed by atoms with Gasteiger partial charge in [0.25, 0.3) is 0 Å². The predicted molar refractivity (Wildman–Crippen MR) is 148 cm³/mol. The van der Waals surface area contributed by atoms with Crippen LogP contribution in [0.2, 0.25) is 5.02 Å². The van der Waals surface area contributed by atoms with Crippen molar-refractivity contribution in [3.05, 3.63) is 87.4 Å². The summed E-state index contributed by atoms with van der Waals surface area (Å²) >= 11 is 13.0. The topological polar surface area (TPSA) is 68.2 Å². The van der Waals surface area contributed by atoms with Gasteiger partial charge in [-0.1, -0.05) is 54.1 Å². The first-order valence-electron chi connectivity index (χ1n) is 11.1. The van der Waals surface area contributed by atoms with E-state index in [9.17, 15) is 4.79 Å². The molecule has 2 aromatic heterocycles. The maximum absolute atomic E-state index is 12.9. The lowest BCUT2D eigenvalue weighted by atomic mass is 10.0. The van der Waals surface area contributed by atoms with Gasteiger partial charge in [0.15, 0.2) is 10.9 Å². The molecule has 0 unspecified atom stereocenters. The van der Waals surface area contributed by atoms with Crippen LogP contribution in [0.1, 0.15) is 33.4 Å². The number of nitrogens with zero attached hydrogens (tertiary/aromatic N) is 2. The molecule has 4 aromatic rings. The average Bonchev–Trinajstić information content (AvgIpc) is 3.34. The van der Waals surface area contributed by atoms with Gasteiger partial charge in [-0.05, 0) is 56.2 Å². The van der Waals surface area contributed by atoms with E-state index in [2.05, 4.69) is 15.7 Å². The van der Waals surface area contributed by atoms with Crippen molar-refractivity contribution in [1.82, 2.24) is 9.78 Å². The van der Waals surface area contributed by atoms with Crippen LogP contribution in [0.5, 0.6) is 0 Å². The number of rotatable bonds is 7. The quantitative estimate of drug-likeness (QED) is 0.202. The number of hydrogen-bond acceptors (Lipinski definition) is 5. The van der Waals surface area contributed by atoms with Gasteiger partial charge in [-0.2, -0.15) is 5.10 Å². The Balaban J connectivity index is 1.54. The van der Waals surface area contributed by atoms with Crippen LogP contribution in [0.15, 0.2) is 60.7 Å². The van der Waals surface area contributed by atoms with E-state index in [0.29, 0.717) is 33.1 Å². The number of thiocarbonyl (C=S) groups is 1. The molecule has 0 saturated heterocycles. The Morgan fingerprint density at radius 2 is 1.83 bits per heavy atom. The molecule has 0 aliphatic rings. The number of ether oxygens (including phenoxy) is 1. The Morgan fingerprint density at radius 3 is 2.51 bits per heavy atom. The molecule has 0 fully saturated rings. The van der Waals surface area contributed by atoms with E-state index in [1.54, 1.807) is 6.92 Å². The summed E-state index contributed by atoms with van der Waals surface area (Å²) in [6.07, 6.45) is 0. The highest BCUT2D eigenvalue weighted by atomic mass is 35.5. The van der Waals surface area contributed by atoms with Crippen LogP contribution in [0.25, 0.3) is 11.1 Å². The zero-order chi connectivity index (χ0) is 24.9. The van der Waals surface area contributed by atoms with Gasteiger partial charge in [0.1, 0.15) is 10.6 Å². The number of benzene rings is 2. The lowest BCUT2D eigenvalue weighted by molar-refractivity contribution is 0.0529. The fourth-order valence-electron chi connectivity index (χ4n) is 3.73. The number of aromatic nitrogens is 2. The number of carbonyl (C=O) groups is 1. The molecule has 2 heterocycles. The molecule has 2 aromatic carbocycles. The summed E-state index contributed by atoms with van der Waals surface area (Å²) in [5.74, 6) is 0.229. The van der Waals surface area contributed by atoms with Crippen LogP contribution < -0.4 is 10.6 Å². The monoisotopic (exact) mass is 524 g/mol. The zero-order valence-corrected chi connectivity index (χ0v) is 22.0. The third-order valence-electron chi connectivity index (χ3n) is 5.32. The molecule has 4 rings (SSSR count). The van der Waals surface area contributed by atoms with E-state index < -0.39 is 0 Å². The molecule has 2 N–H and O–H groups in total. The number of hydrogen-bond donors (Lipinski definition) is 2. The van der Waals surface area contributed by atoms with E-state index in [1.165, 1.54) is 11.3 Å². The lowest BCUT2D eigenvalue weighted by Gasteiger charge is -2.11. The second-order valence-corrected chi connectivity index (χ2v) is 9.93. The number of thiophene rings is 1. The van der Waals surface area contributed by atoms with Gasteiger partial charge >= 0.3 is 5.97 Å². The van der Waals surface area contributed by atoms with Crippen LogP contribution in [0.3, 0.4) is 0 Å². The minimum Gasteiger partial charge on any atom is -0.462 e. The SMILES string of the molecule is CCOC(=O)c1c(NC(=S)Nc2cc(C)n(Cc3ccc(Cl)cc3)n2)sc(C)c1-c1ccccc1. The van der Waals surface area contributed by atoms with Crippen molar-refractivity contribution in [3.8, 4) is 11.1 Å². The molecule has 0 atom stereocenters. The van der Waals surface area contributed by atoms with Crippen molar-refractivity contribution < 1.29 is 9.53 Å². The summed E-state index contributed by atoms with van der Waals surface area (Å²) in [6.45, 7) is 6.66. The molecular weight excluding hydrogens is 500 g/mol. The first-order chi connectivity index (χ1) is 16.9. The highest BCUT2D eigenvalue weighted by molar-refractivity contribution is 7.80. The largest absolute Gasteiger partial charge is 0.462 e. The molecule has 6 nitrogen and oxygen atoms in total. The molecule has 180 valence electrons. The van der Waals surface area contributed by atoms with Crippen LogP contribution in [-0.4, -0.2) is 27.5 Å². The summed E-state index contributed by atoms with van der Waals surface area (Å²) in [4.78, 5) is 13.9. The van der Waals surface area contributed by atoms with E-state index >= 15 is 0 Å². The number of aryl methyl sites for hydroxylation is 2. The van der Waals surface area contributed by atoms with Crippen LogP contribution in [0, 0.1) is 13.8 Å². The summed E-state index contributed by atoms with van der Waals surface area (Å²) in [5, 5.41) is 12.6. The van der Waals surface area contributed by atoms with E-state index in [0.717, 1.165) is 27.3 Å². The number of anilines is 2. The highest BCUT2D eigenvalue weighted by Crippen LogP contribution is 2.40. The van der Waals surface area contributed by atoms with Gasteiger partial charge < -0.3 is 15.4 Å². The Labute approximate surface area is 218 Å². The molecular formula is C26H25ClN4O2S2. The standard InChI is InChI=1S/C26H25ClN4O2S2/c1-4-33-25(32)23-22(19-8-6-5-7-9-19)17(3)35-24(23)29-26(34)28-21-14-16(2)31(30-21)15-18-10-12-20(27)13-11-18/h5-14H,4,15H2,1-3H3,(H2,28,29,30,34). The van der Waals surface area contributed by atoms with Crippen LogP contribution >= 0.6 is 35.2 Å². The average molecular weight is 525 g/mol. The molecule has 0 aliphatic carbocycles. The maximum atomic E-state index is 12.9. The summed E-state index contributed by atoms with van der Waals surface area (Å²) in [6, 6.07) is 19.4. The van der Waals surface area contributed by atoms with Gasteiger partial charge in [0.05, 0.1) is 13.2 Å². The van der Waals surface area contributed by atoms with Crippen molar-refractivity contribution in [2.75, 3.05) is 17.2 Å². The third-order valence-corrected chi connectivity index (χ3v) is 6.80. The third kappa shape index (κ3) is 5.90. The minimum atomic E-state index is -0.385. The molecule has 9 heteroatoms. The smallest absolute Gasteiger partial charge is 0.341 e. The summed E-state index contributed by atoms with van der Waals surface area (Å²) in [7, 11) is 0. The lowest BCUT2D eigenvalue weighted by Crippen LogP contribution is -2.20. The molecule has 0 amide bonds. The number of halogens is 1. The van der Waals surface area contributed by atoms with Crippen LogP contribution in [-0.2, 0) is 11.3 Å². The normalized spacial score (nSPS) is 10.7. The minimum absolute atomic E-state index is 0.286. The van der Waals surface area contributed by atoms with Gasteiger partial charge in [-0.3, -0.25) is 4.68 Å². The van der Waals surface area contributed by atoms with Gasteiger partial charge in [-0.15, -0.1) is 11.3 Å². The number of carbonyl (C=O) groups excluding carboxylic acids is 1. The predicted octanol–water partition coefficient (Wildman–Crippen LogP) is 6.92. The Bertz CT molecular complexity index is 1350. The van der Waals surface area contributed by atoms with Gasteiger partial charge in [0.2, 0.25) is 0 Å². The number of esters is 1. The zero-order valence-electron chi connectivity index (χ0n) is 19.6. The van der Waals surface area contributed by atoms with Crippen molar-refractivity contribution >= 4 is 57.1 Å². The second-order valence-electron chi connectivity index (χ2n) is 7.86. The van der Waals surface area contributed by atoms with Crippen molar-refractivity contribution in [2.45, 2.75) is 27.3 Å². The second kappa shape index (κ2) is 11.0. The van der Waals surface area contributed by atoms with Gasteiger partial charge in [-0.25, -0.2) is 4.79 Å². The summed E-state index contributed by atoms with van der Waals surface area (Å²) < 4.78 is 7.26. The Hall–Kier alpha value is -3.20. The van der Waals surface area contributed by atoms with Gasteiger partial charge in [0, 0.05) is 27.2 Å². The fraction of sp³-hybridized carbons (Fsp3) is 0.192. The first-order valence-corrected chi connectivity index (χ1v) is 12.7. The van der Waals surface area contributed by atoms with E-state index in [-0.39, 0.29) is 12.6 Å². The Morgan fingerprint density at radius 1 is 1.11 bits per heavy atom. The molecule has 0 spiro atoms. The Kier molecular flexibility index (Phi) is 7.85. The molecule has 0 radical (unpaired) electrons. The van der Waals surface area contributed by atoms with Crippen molar-refractivity contribution in [3.63, 3.8) is 0 Å². The first kappa shape index (κ1) is 24.9. The maximum Gasteiger partial charge on any atom is 0.341 e. The van der Waals surface area contributed by atoms with E-state index in [1.807, 2.05) is 79.2 Å². The van der Waals surface area contributed by atoms with E-state index in [4.69, 9.17) is 28.6 Å². The highest BCUT2D eigenvalue weighted by Gasteiger charge is 2.25. The van der Waals surface area contributed by atoms with Crippen molar-refractivity contribution in [1.29, 1.82) is 0 Å². The molecule has 0 aliphatic heterocycles. The van der Waals surface area contributed by atoms with Crippen LogP contribution in [0.4, 0.5) is 10.8 Å². The van der Waals surface area contributed by atoms with Crippen molar-refractivity contribution in [2.24, 2.45) is 0 Å². The molecule has 35 heavy (non-hydrogen) atoms. The molecule has 0 bridgehead atoms. The fourth-order valence-corrected chi connectivity index (χ4v) is 5.19. The number of nitrogens with one attached hydrogen (secondary N) is 2. The summed E-state index contributed by atoms with van der Waals surface area (Å²) in [5.41, 5.74) is 4.36.